The number of aromatic amines is 1. The zero-order valence-electron chi connectivity index (χ0n) is 14.6. The molecular weight excluding hydrogens is 306 g/mol. The Balaban J connectivity index is 2.22. The van der Waals surface area contributed by atoms with Gasteiger partial charge in [0.1, 0.15) is 11.4 Å². The van der Waals surface area contributed by atoms with Gasteiger partial charge < -0.3 is 14.8 Å². The molecule has 1 aromatic heterocycles. The quantitative estimate of drug-likeness (QED) is 0.880. The van der Waals surface area contributed by atoms with E-state index in [1.165, 1.54) is 0 Å². The van der Waals surface area contributed by atoms with E-state index in [2.05, 4.69) is 9.97 Å². The summed E-state index contributed by atoms with van der Waals surface area (Å²) in [5.74, 6) is 0.702. The highest BCUT2D eigenvalue weighted by Gasteiger charge is 2.28. The molecule has 0 aliphatic heterocycles. The average Bonchev–Trinajstić information content (AvgIpc) is 3.05. The van der Waals surface area contributed by atoms with Gasteiger partial charge in [-0.2, -0.15) is 0 Å². The minimum absolute atomic E-state index is 0.00113. The van der Waals surface area contributed by atoms with Gasteiger partial charge in [-0.05, 0) is 38.8 Å². The number of carbonyl (C=O) groups is 1. The monoisotopic (exact) mass is 331 g/mol. The summed E-state index contributed by atoms with van der Waals surface area (Å²) >= 11 is 0. The Labute approximate surface area is 142 Å². The van der Waals surface area contributed by atoms with E-state index in [0.29, 0.717) is 12.4 Å². The first kappa shape index (κ1) is 18.0. The van der Waals surface area contributed by atoms with Gasteiger partial charge in [0, 0.05) is 18.9 Å². The molecule has 6 heteroatoms. The maximum absolute atomic E-state index is 12.6. The number of nitrogens with one attached hydrogen (secondary N) is 1. The molecule has 6 nitrogen and oxygen atoms in total. The van der Waals surface area contributed by atoms with E-state index in [4.69, 9.17) is 9.84 Å². The molecule has 0 aliphatic carbocycles. The molecule has 0 spiro atoms. The van der Waals surface area contributed by atoms with Crippen LogP contribution in [-0.4, -0.2) is 31.7 Å². The largest absolute Gasteiger partial charge is 0.444 e. The maximum atomic E-state index is 12.6. The van der Waals surface area contributed by atoms with Crippen LogP contribution in [0.25, 0.3) is 0 Å². The summed E-state index contributed by atoms with van der Waals surface area (Å²) in [6.45, 7) is 7.83. The van der Waals surface area contributed by atoms with Crippen LogP contribution in [0, 0.1) is 0 Å². The van der Waals surface area contributed by atoms with E-state index in [1.54, 1.807) is 17.3 Å². The predicted octanol–water partition coefficient (Wildman–Crippen LogP) is 3.40. The van der Waals surface area contributed by atoms with Crippen molar-refractivity contribution in [3.63, 3.8) is 0 Å². The molecule has 1 atom stereocenters. The summed E-state index contributed by atoms with van der Waals surface area (Å²) in [4.78, 5) is 21.6. The van der Waals surface area contributed by atoms with Crippen molar-refractivity contribution in [3.05, 3.63) is 53.6 Å². The SMILES string of the molecule is CC(c1ncc[nH]1)N(Cc1ccc(CO)cc1)C(=O)OC(C)(C)C. The van der Waals surface area contributed by atoms with Crippen LogP contribution >= 0.6 is 0 Å². The van der Waals surface area contributed by atoms with Gasteiger partial charge >= 0.3 is 6.09 Å². The molecule has 2 N–H and O–H groups in total. The molecule has 1 unspecified atom stereocenters. The number of aliphatic hydroxyl groups excluding tert-OH is 1. The van der Waals surface area contributed by atoms with Crippen LogP contribution in [0.3, 0.4) is 0 Å². The van der Waals surface area contributed by atoms with Gasteiger partial charge in [-0.1, -0.05) is 24.3 Å². The number of nitrogens with zero attached hydrogens (tertiary/aromatic N) is 2. The average molecular weight is 331 g/mol. The summed E-state index contributed by atoms with van der Waals surface area (Å²) in [5, 5.41) is 9.14. The molecular formula is C18H25N3O3. The van der Waals surface area contributed by atoms with E-state index >= 15 is 0 Å². The van der Waals surface area contributed by atoms with E-state index in [0.717, 1.165) is 11.1 Å². The van der Waals surface area contributed by atoms with Crippen molar-refractivity contribution in [1.82, 2.24) is 14.9 Å². The highest BCUT2D eigenvalue weighted by Crippen LogP contribution is 2.23. The second-order valence-corrected chi connectivity index (χ2v) is 6.73. The Kier molecular flexibility index (Phi) is 5.62. The summed E-state index contributed by atoms with van der Waals surface area (Å²) in [5.41, 5.74) is 1.22. The zero-order valence-corrected chi connectivity index (χ0v) is 14.6. The topological polar surface area (TPSA) is 78.5 Å². The molecule has 1 aromatic carbocycles. The van der Waals surface area contributed by atoms with Gasteiger partial charge in [0.2, 0.25) is 0 Å². The standard InChI is InChI=1S/C18H25N3O3/c1-13(16-19-9-10-20-16)21(17(23)24-18(2,3)4)11-14-5-7-15(12-22)8-6-14/h5-10,13,22H,11-12H2,1-4H3,(H,19,20). The molecule has 1 amide bonds. The molecule has 24 heavy (non-hydrogen) atoms. The molecule has 0 aliphatic rings. The molecule has 130 valence electrons. The van der Waals surface area contributed by atoms with E-state index in [9.17, 15) is 4.79 Å². The number of H-pyrrole nitrogens is 1. The lowest BCUT2D eigenvalue weighted by Gasteiger charge is -2.31. The third kappa shape index (κ3) is 4.83. The lowest BCUT2D eigenvalue weighted by atomic mass is 10.1. The summed E-state index contributed by atoms with van der Waals surface area (Å²) < 4.78 is 5.54. The number of aromatic nitrogens is 2. The first-order valence-corrected chi connectivity index (χ1v) is 7.97. The van der Waals surface area contributed by atoms with Crippen LogP contribution in [0.1, 0.15) is 50.7 Å². The van der Waals surface area contributed by atoms with Crippen molar-refractivity contribution < 1.29 is 14.6 Å². The van der Waals surface area contributed by atoms with E-state index in [-0.39, 0.29) is 12.6 Å². The second-order valence-electron chi connectivity index (χ2n) is 6.73. The third-order valence-corrected chi connectivity index (χ3v) is 3.57. The molecule has 0 bridgehead atoms. The minimum Gasteiger partial charge on any atom is -0.444 e. The van der Waals surface area contributed by atoms with Gasteiger partial charge in [0.25, 0.3) is 0 Å². The number of carbonyl (C=O) groups excluding carboxylic acids is 1. The predicted molar refractivity (Wildman–Crippen MR) is 91.1 cm³/mol. The molecule has 0 radical (unpaired) electrons. The third-order valence-electron chi connectivity index (χ3n) is 3.57. The molecule has 0 saturated heterocycles. The fourth-order valence-electron chi connectivity index (χ4n) is 2.28. The number of hydrogen-bond acceptors (Lipinski definition) is 4. The minimum atomic E-state index is -0.570. The summed E-state index contributed by atoms with van der Waals surface area (Å²) in [7, 11) is 0. The van der Waals surface area contributed by atoms with Gasteiger partial charge in [-0.3, -0.25) is 4.90 Å². The number of hydrogen-bond donors (Lipinski definition) is 2. The fraction of sp³-hybridized carbons (Fsp3) is 0.444. The summed E-state index contributed by atoms with van der Waals surface area (Å²) in [6, 6.07) is 7.24. The van der Waals surface area contributed by atoms with Crippen molar-refractivity contribution >= 4 is 6.09 Å². The normalized spacial score (nSPS) is 12.7. The lowest BCUT2D eigenvalue weighted by molar-refractivity contribution is 0.0146. The molecule has 0 fully saturated rings. The Morgan fingerprint density at radius 3 is 2.42 bits per heavy atom. The zero-order chi connectivity index (χ0) is 17.7. The number of rotatable bonds is 5. The van der Waals surface area contributed by atoms with Crippen LogP contribution < -0.4 is 0 Å². The van der Waals surface area contributed by atoms with Crippen molar-refractivity contribution in [3.8, 4) is 0 Å². The van der Waals surface area contributed by atoms with E-state index < -0.39 is 11.7 Å². The van der Waals surface area contributed by atoms with Crippen LogP contribution in [0.2, 0.25) is 0 Å². The van der Waals surface area contributed by atoms with Crippen LogP contribution in [-0.2, 0) is 17.9 Å². The Hall–Kier alpha value is -2.34. The fourth-order valence-corrected chi connectivity index (χ4v) is 2.28. The highest BCUT2D eigenvalue weighted by atomic mass is 16.6. The highest BCUT2D eigenvalue weighted by molar-refractivity contribution is 5.68. The van der Waals surface area contributed by atoms with Crippen LogP contribution in [0.5, 0.6) is 0 Å². The van der Waals surface area contributed by atoms with Gasteiger partial charge in [0.15, 0.2) is 0 Å². The maximum Gasteiger partial charge on any atom is 0.411 e. The number of imidazole rings is 1. The first-order chi connectivity index (χ1) is 11.3. The van der Waals surface area contributed by atoms with E-state index in [1.807, 2.05) is 52.0 Å². The Bertz CT molecular complexity index is 645. The molecule has 0 saturated carbocycles. The van der Waals surface area contributed by atoms with Crippen LogP contribution in [0.15, 0.2) is 36.7 Å². The molecule has 2 rings (SSSR count). The van der Waals surface area contributed by atoms with Crippen molar-refractivity contribution in [2.45, 2.75) is 52.5 Å². The first-order valence-electron chi connectivity index (χ1n) is 7.97. The van der Waals surface area contributed by atoms with Crippen LogP contribution in [0.4, 0.5) is 4.79 Å². The molecule has 1 heterocycles. The van der Waals surface area contributed by atoms with Crippen molar-refractivity contribution in [2.75, 3.05) is 0 Å². The summed E-state index contributed by atoms with van der Waals surface area (Å²) in [6.07, 6.45) is 3.00. The molecule has 2 aromatic rings. The number of ether oxygens (including phenoxy) is 1. The Morgan fingerprint density at radius 1 is 1.29 bits per heavy atom. The number of benzene rings is 1. The van der Waals surface area contributed by atoms with Gasteiger partial charge in [0.05, 0.1) is 12.6 Å². The number of amides is 1. The Morgan fingerprint density at radius 2 is 1.92 bits per heavy atom. The van der Waals surface area contributed by atoms with Crippen molar-refractivity contribution in [2.24, 2.45) is 0 Å². The smallest absolute Gasteiger partial charge is 0.411 e. The second kappa shape index (κ2) is 7.49. The van der Waals surface area contributed by atoms with Gasteiger partial charge in [-0.15, -0.1) is 0 Å². The number of aliphatic hydroxyl groups is 1. The van der Waals surface area contributed by atoms with Gasteiger partial charge in [-0.25, -0.2) is 9.78 Å². The lowest BCUT2D eigenvalue weighted by Crippen LogP contribution is -2.38. The van der Waals surface area contributed by atoms with Crippen molar-refractivity contribution in [1.29, 1.82) is 0 Å².